The normalized spacial score (nSPS) is 12.6. The van der Waals surface area contributed by atoms with Crippen molar-refractivity contribution < 1.29 is 15.0 Å². The minimum Gasteiger partial charge on any atom is -0.481 e. The minimum absolute atomic E-state index is 0.266. The summed E-state index contributed by atoms with van der Waals surface area (Å²) in [5.74, 6) is -0.999. The van der Waals surface area contributed by atoms with Gasteiger partial charge in [0.05, 0.1) is 12.5 Å². The van der Waals surface area contributed by atoms with Crippen molar-refractivity contribution in [1.82, 2.24) is 0 Å². The minimum atomic E-state index is -0.999. The number of benzene rings is 2. The van der Waals surface area contributed by atoms with Gasteiger partial charge in [0, 0.05) is 0 Å². The summed E-state index contributed by atoms with van der Waals surface area (Å²) in [6.45, 7) is 0. The predicted molar refractivity (Wildman–Crippen MR) is 61.2 cm³/mol. The monoisotopic (exact) mass is 216 g/mol. The van der Waals surface area contributed by atoms with Crippen LogP contribution in [0, 0.1) is 0 Å². The Kier molecular flexibility index (Phi) is 2.88. The Morgan fingerprint density at radius 3 is 2.50 bits per heavy atom. The highest BCUT2D eigenvalue weighted by molar-refractivity contribution is 5.83. The lowest BCUT2D eigenvalue weighted by Gasteiger charge is -2.09. The van der Waals surface area contributed by atoms with E-state index in [2.05, 4.69) is 0 Å². The Hall–Kier alpha value is -1.87. The summed E-state index contributed by atoms with van der Waals surface area (Å²) >= 11 is 0. The first-order chi connectivity index (χ1) is 7.66. The zero-order valence-corrected chi connectivity index (χ0v) is 8.63. The SMILES string of the molecule is O=C(O)C[C@@H](O)c1ccc2ccccc2c1. The summed E-state index contributed by atoms with van der Waals surface area (Å²) in [5.41, 5.74) is 0.640. The standard InChI is InChI=1S/C13H12O3/c14-12(8-13(15)16)11-6-5-9-3-1-2-4-10(9)7-11/h1-7,12,14H,8H2,(H,15,16)/t12-/m1/s1. The molecule has 0 aliphatic carbocycles. The fraction of sp³-hybridized carbons (Fsp3) is 0.154. The highest BCUT2D eigenvalue weighted by atomic mass is 16.4. The molecule has 0 amide bonds. The smallest absolute Gasteiger partial charge is 0.306 e. The van der Waals surface area contributed by atoms with Gasteiger partial charge in [0.15, 0.2) is 0 Å². The van der Waals surface area contributed by atoms with Crippen LogP contribution >= 0.6 is 0 Å². The molecule has 2 aromatic rings. The summed E-state index contributed by atoms with van der Waals surface area (Å²) in [7, 11) is 0. The zero-order chi connectivity index (χ0) is 11.5. The maximum Gasteiger partial charge on any atom is 0.306 e. The molecule has 82 valence electrons. The first-order valence-electron chi connectivity index (χ1n) is 5.05. The van der Waals surface area contributed by atoms with Gasteiger partial charge < -0.3 is 10.2 Å². The predicted octanol–water partition coefficient (Wildman–Crippen LogP) is 2.35. The van der Waals surface area contributed by atoms with Crippen LogP contribution in [0.15, 0.2) is 42.5 Å². The van der Waals surface area contributed by atoms with E-state index in [-0.39, 0.29) is 6.42 Å². The summed E-state index contributed by atoms with van der Waals surface area (Å²) in [5, 5.41) is 20.3. The van der Waals surface area contributed by atoms with Crippen LogP contribution < -0.4 is 0 Å². The lowest BCUT2D eigenvalue weighted by Crippen LogP contribution is -2.05. The molecule has 0 aliphatic rings. The molecule has 2 rings (SSSR count). The Morgan fingerprint density at radius 1 is 1.12 bits per heavy atom. The van der Waals surface area contributed by atoms with E-state index in [1.807, 2.05) is 36.4 Å². The van der Waals surface area contributed by atoms with Crippen LogP contribution in [0.2, 0.25) is 0 Å². The van der Waals surface area contributed by atoms with Gasteiger partial charge in [-0.25, -0.2) is 0 Å². The molecule has 0 aromatic heterocycles. The second-order valence-corrected chi connectivity index (χ2v) is 3.72. The van der Waals surface area contributed by atoms with E-state index < -0.39 is 12.1 Å². The van der Waals surface area contributed by atoms with Gasteiger partial charge in [-0.15, -0.1) is 0 Å². The molecule has 0 aliphatic heterocycles. The van der Waals surface area contributed by atoms with E-state index in [1.165, 1.54) is 0 Å². The number of hydrogen-bond donors (Lipinski definition) is 2. The first-order valence-corrected chi connectivity index (χ1v) is 5.05. The lowest BCUT2D eigenvalue weighted by molar-refractivity contribution is -0.139. The van der Waals surface area contributed by atoms with E-state index >= 15 is 0 Å². The average Bonchev–Trinajstić information content (AvgIpc) is 2.27. The largest absolute Gasteiger partial charge is 0.481 e. The molecule has 3 heteroatoms. The van der Waals surface area contributed by atoms with Gasteiger partial charge in [0.1, 0.15) is 0 Å². The fourth-order valence-electron chi connectivity index (χ4n) is 1.70. The van der Waals surface area contributed by atoms with Crippen LogP contribution in [0.5, 0.6) is 0 Å². The Labute approximate surface area is 93.0 Å². The van der Waals surface area contributed by atoms with Crippen LogP contribution in [0.3, 0.4) is 0 Å². The maximum atomic E-state index is 10.5. The van der Waals surface area contributed by atoms with Crippen LogP contribution in [0.1, 0.15) is 18.1 Å². The summed E-state index contributed by atoms with van der Waals surface area (Å²) in [4.78, 5) is 10.5. The molecular formula is C13H12O3. The van der Waals surface area contributed by atoms with Crippen molar-refractivity contribution in [2.75, 3.05) is 0 Å². The second kappa shape index (κ2) is 4.33. The van der Waals surface area contributed by atoms with Gasteiger partial charge in [-0.3, -0.25) is 4.79 Å². The topological polar surface area (TPSA) is 57.5 Å². The third-order valence-corrected chi connectivity index (χ3v) is 2.53. The molecule has 0 saturated heterocycles. The van der Waals surface area contributed by atoms with Crippen LogP contribution in [0.25, 0.3) is 10.8 Å². The van der Waals surface area contributed by atoms with Crippen molar-refractivity contribution in [3.63, 3.8) is 0 Å². The number of fused-ring (bicyclic) bond motifs is 1. The average molecular weight is 216 g/mol. The van der Waals surface area contributed by atoms with E-state index in [9.17, 15) is 9.90 Å². The van der Waals surface area contributed by atoms with Crippen molar-refractivity contribution in [2.24, 2.45) is 0 Å². The molecule has 2 aromatic carbocycles. The van der Waals surface area contributed by atoms with Crippen molar-refractivity contribution in [1.29, 1.82) is 0 Å². The van der Waals surface area contributed by atoms with Crippen molar-refractivity contribution in [2.45, 2.75) is 12.5 Å². The fourth-order valence-corrected chi connectivity index (χ4v) is 1.70. The Morgan fingerprint density at radius 2 is 1.81 bits per heavy atom. The molecule has 3 nitrogen and oxygen atoms in total. The second-order valence-electron chi connectivity index (χ2n) is 3.72. The molecule has 0 bridgehead atoms. The van der Waals surface area contributed by atoms with Crippen LogP contribution in [0.4, 0.5) is 0 Å². The number of aliphatic hydroxyl groups is 1. The number of carboxylic acid groups (broad SMARTS) is 1. The number of hydrogen-bond acceptors (Lipinski definition) is 2. The van der Waals surface area contributed by atoms with Crippen LogP contribution in [-0.2, 0) is 4.79 Å². The maximum absolute atomic E-state index is 10.5. The van der Waals surface area contributed by atoms with Crippen LogP contribution in [-0.4, -0.2) is 16.2 Å². The summed E-state index contributed by atoms with van der Waals surface area (Å²) in [6.07, 6.45) is -1.21. The van der Waals surface area contributed by atoms with Gasteiger partial charge in [-0.1, -0.05) is 36.4 Å². The molecule has 2 N–H and O–H groups in total. The lowest BCUT2D eigenvalue weighted by atomic mass is 10.0. The number of rotatable bonds is 3. The van der Waals surface area contributed by atoms with Gasteiger partial charge in [0.2, 0.25) is 0 Å². The van der Waals surface area contributed by atoms with Crippen molar-refractivity contribution in [3.8, 4) is 0 Å². The van der Waals surface area contributed by atoms with E-state index in [0.717, 1.165) is 10.8 Å². The number of carbonyl (C=O) groups is 1. The van der Waals surface area contributed by atoms with Crippen molar-refractivity contribution in [3.05, 3.63) is 48.0 Å². The molecule has 1 atom stereocenters. The molecule has 0 spiro atoms. The quantitative estimate of drug-likeness (QED) is 0.828. The molecule has 16 heavy (non-hydrogen) atoms. The molecule has 0 heterocycles. The Bertz CT molecular complexity index is 519. The summed E-state index contributed by atoms with van der Waals surface area (Å²) in [6, 6.07) is 13.2. The number of aliphatic carboxylic acids is 1. The molecular weight excluding hydrogens is 204 g/mol. The Balaban J connectivity index is 2.35. The van der Waals surface area contributed by atoms with Gasteiger partial charge in [0.25, 0.3) is 0 Å². The number of aliphatic hydroxyl groups excluding tert-OH is 1. The van der Waals surface area contributed by atoms with E-state index in [0.29, 0.717) is 5.56 Å². The highest BCUT2D eigenvalue weighted by Crippen LogP contribution is 2.22. The number of carboxylic acids is 1. The third-order valence-electron chi connectivity index (χ3n) is 2.53. The van der Waals surface area contributed by atoms with Gasteiger partial charge >= 0.3 is 5.97 Å². The summed E-state index contributed by atoms with van der Waals surface area (Å²) < 4.78 is 0. The third kappa shape index (κ3) is 2.20. The molecule has 0 fully saturated rings. The van der Waals surface area contributed by atoms with Gasteiger partial charge in [-0.05, 0) is 22.4 Å². The molecule has 0 radical (unpaired) electrons. The van der Waals surface area contributed by atoms with E-state index in [4.69, 9.17) is 5.11 Å². The van der Waals surface area contributed by atoms with Gasteiger partial charge in [-0.2, -0.15) is 0 Å². The van der Waals surface area contributed by atoms with Crippen molar-refractivity contribution >= 4 is 16.7 Å². The zero-order valence-electron chi connectivity index (χ0n) is 8.63. The highest BCUT2D eigenvalue weighted by Gasteiger charge is 2.11. The molecule has 0 unspecified atom stereocenters. The first kappa shape index (κ1) is 10.6. The molecule has 0 saturated carbocycles. The van der Waals surface area contributed by atoms with E-state index in [1.54, 1.807) is 6.07 Å².